The molecule has 2 aliphatic heterocycles. The Kier molecular flexibility index (Phi) is 6.25. The molecule has 222 valence electrons. The van der Waals surface area contributed by atoms with Gasteiger partial charge in [-0.3, -0.25) is 4.79 Å². The molecule has 42 heavy (non-hydrogen) atoms. The van der Waals surface area contributed by atoms with Crippen LogP contribution in [0, 0.1) is 34.5 Å². The van der Waals surface area contributed by atoms with Crippen molar-refractivity contribution in [3.05, 3.63) is 58.0 Å². The van der Waals surface area contributed by atoms with Crippen molar-refractivity contribution in [2.45, 2.75) is 109 Å². The van der Waals surface area contributed by atoms with Gasteiger partial charge in [0.2, 0.25) is 0 Å². The van der Waals surface area contributed by atoms with Crippen molar-refractivity contribution in [3.63, 3.8) is 0 Å². The van der Waals surface area contributed by atoms with Gasteiger partial charge in [-0.15, -0.1) is 0 Å². The van der Waals surface area contributed by atoms with Gasteiger partial charge in [-0.2, -0.15) is 4.98 Å². The van der Waals surface area contributed by atoms with Gasteiger partial charge in [-0.1, -0.05) is 63.4 Å². The van der Waals surface area contributed by atoms with E-state index in [0.29, 0.717) is 41.6 Å². The second kappa shape index (κ2) is 9.72. The monoisotopic (exact) mass is 567 g/mol. The molecular formula is C36H45N3O3. The number of aliphatic hydroxyl groups is 2. The van der Waals surface area contributed by atoms with E-state index in [1.165, 1.54) is 36.9 Å². The standard InChI is InChI=1S/C36H45N3O3/c1-35-16-15-27-25(31(35)29(40)19-30(35)41)14-13-23-18-28-22(20-36(23,27)2)17-26-33(39(28)24-11-7-4-8-12-24)37-32(38-34(26)42)21-9-5-3-6-10-21/h3,5-6,9-10,17,23-25,27,29-31,40-41H,4,7-8,11-16,18-20H2,1-2H3/t23-,25+,27-,29+,30-,31+,35+,36-/m0/s1. The number of rotatable bonds is 2. The molecule has 0 amide bonds. The van der Waals surface area contributed by atoms with Crippen molar-refractivity contribution >= 4 is 0 Å². The van der Waals surface area contributed by atoms with Crippen LogP contribution in [0.1, 0.15) is 95.4 Å². The van der Waals surface area contributed by atoms with E-state index in [9.17, 15) is 15.0 Å². The molecular weight excluding hydrogens is 522 g/mol. The van der Waals surface area contributed by atoms with Crippen molar-refractivity contribution in [2.24, 2.45) is 34.5 Å². The zero-order valence-corrected chi connectivity index (χ0v) is 25.1. The van der Waals surface area contributed by atoms with E-state index < -0.39 is 12.2 Å². The van der Waals surface area contributed by atoms with E-state index in [1.54, 1.807) is 0 Å². The van der Waals surface area contributed by atoms with E-state index in [0.717, 1.165) is 56.3 Å². The number of pyridine rings is 1. The minimum atomic E-state index is -0.398. The van der Waals surface area contributed by atoms with Gasteiger partial charge in [0.05, 0.1) is 17.8 Å². The van der Waals surface area contributed by atoms with E-state index in [2.05, 4.69) is 29.5 Å². The maximum Gasteiger partial charge on any atom is 0.282 e. The molecule has 2 heterocycles. The Morgan fingerprint density at radius 3 is 2.50 bits per heavy atom. The molecule has 0 aromatic heterocycles. The first-order valence-electron chi connectivity index (χ1n) is 16.6. The molecule has 1 aromatic carbocycles. The summed E-state index contributed by atoms with van der Waals surface area (Å²) < 4.78 is 2.51. The maximum atomic E-state index is 13.7. The number of benzene rings is 1. The molecule has 2 N–H and O–H groups in total. The lowest BCUT2D eigenvalue weighted by Gasteiger charge is -2.60. The molecule has 4 fully saturated rings. The van der Waals surface area contributed by atoms with Crippen molar-refractivity contribution in [1.82, 2.24) is 14.5 Å². The van der Waals surface area contributed by atoms with Gasteiger partial charge in [-0.05, 0) is 97.5 Å². The SMILES string of the molecule is C[C@]12CC[C@H]3[C@@H](CC[C@H]4Cc5c(cc6c(=O)nc(-c7ccccc7)nc-6n5C5CCCCC5)C[C@@]43C)[C@@H]1[C@H](O)C[C@@H]2O. The van der Waals surface area contributed by atoms with Crippen molar-refractivity contribution in [2.75, 3.05) is 0 Å². The molecule has 8 atom stereocenters. The fourth-order valence-corrected chi connectivity index (χ4v) is 10.9. The third-order valence-corrected chi connectivity index (χ3v) is 13.1. The topological polar surface area (TPSA) is 88.2 Å². The molecule has 0 spiro atoms. The van der Waals surface area contributed by atoms with Crippen molar-refractivity contribution in [3.8, 4) is 22.8 Å². The number of hydrogen-bond acceptors (Lipinski definition) is 5. The summed E-state index contributed by atoms with van der Waals surface area (Å²) >= 11 is 0. The lowest BCUT2D eigenvalue weighted by atomic mass is 9.45. The Bertz CT molecular complexity index is 1530. The minimum absolute atomic E-state index is 0.121. The number of fused-ring (bicyclic) bond motifs is 7. The molecule has 0 radical (unpaired) electrons. The van der Waals surface area contributed by atoms with Gasteiger partial charge in [-0.25, -0.2) is 4.98 Å². The lowest BCUT2D eigenvalue weighted by molar-refractivity contribution is -0.127. The van der Waals surface area contributed by atoms with Crippen LogP contribution in [0.15, 0.2) is 41.2 Å². The Morgan fingerprint density at radius 1 is 0.929 bits per heavy atom. The highest BCUT2D eigenvalue weighted by atomic mass is 16.3. The predicted octanol–water partition coefficient (Wildman–Crippen LogP) is 6.20. The fraction of sp³-hybridized carbons (Fsp3) is 0.639. The third kappa shape index (κ3) is 3.86. The van der Waals surface area contributed by atoms with E-state index in [1.807, 2.05) is 30.3 Å². The number of nitrogens with zero attached hydrogens (tertiary/aromatic N) is 3. The average Bonchev–Trinajstić information content (AvgIpc) is 3.23. The Hall–Kier alpha value is -2.57. The first-order valence-corrected chi connectivity index (χ1v) is 16.6. The van der Waals surface area contributed by atoms with Crippen LogP contribution < -0.4 is 5.56 Å². The van der Waals surface area contributed by atoms with Gasteiger partial charge < -0.3 is 14.8 Å². The van der Waals surface area contributed by atoms with Gasteiger partial charge in [0.15, 0.2) is 5.82 Å². The second-order valence-electron chi connectivity index (χ2n) is 15.1. The van der Waals surface area contributed by atoms with E-state index in [4.69, 9.17) is 4.98 Å². The highest BCUT2D eigenvalue weighted by Gasteiger charge is 2.62. The van der Waals surface area contributed by atoms with Crippen LogP contribution in [0.3, 0.4) is 0 Å². The van der Waals surface area contributed by atoms with Crippen LogP contribution in [0.2, 0.25) is 0 Å². The molecule has 0 bridgehead atoms. The smallest absolute Gasteiger partial charge is 0.282 e. The number of aliphatic hydroxyl groups excluding tert-OH is 2. The summed E-state index contributed by atoms with van der Waals surface area (Å²) in [6.07, 6.45) is 12.2. The Labute approximate surface area is 249 Å². The third-order valence-electron chi connectivity index (χ3n) is 13.1. The molecule has 5 aliphatic carbocycles. The van der Waals surface area contributed by atoms with Crippen LogP contribution in [0.4, 0.5) is 0 Å². The molecule has 4 saturated carbocycles. The first-order chi connectivity index (χ1) is 20.3. The van der Waals surface area contributed by atoms with Crippen LogP contribution in [-0.4, -0.2) is 37.0 Å². The van der Waals surface area contributed by atoms with Gasteiger partial charge in [0.1, 0.15) is 5.82 Å². The quantitative estimate of drug-likeness (QED) is 0.385. The lowest BCUT2D eigenvalue weighted by Crippen LogP contribution is -2.56. The molecule has 1 aromatic rings. The number of hydrogen-bond donors (Lipinski definition) is 2. The molecule has 0 saturated heterocycles. The largest absolute Gasteiger partial charge is 0.393 e. The summed E-state index contributed by atoms with van der Waals surface area (Å²) in [5.74, 6) is 3.11. The average molecular weight is 568 g/mol. The maximum absolute atomic E-state index is 13.7. The zero-order chi connectivity index (χ0) is 28.8. The van der Waals surface area contributed by atoms with Gasteiger partial charge in [0.25, 0.3) is 5.56 Å². The summed E-state index contributed by atoms with van der Waals surface area (Å²) in [7, 11) is 0. The van der Waals surface area contributed by atoms with Crippen LogP contribution in [0.5, 0.6) is 0 Å². The molecule has 8 rings (SSSR count). The summed E-state index contributed by atoms with van der Waals surface area (Å²) in [4.78, 5) is 23.3. The Morgan fingerprint density at radius 2 is 1.71 bits per heavy atom. The van der Waals surface area contributed by atoms with Gasteiger partial charge >= 0.3 is 0 Å². The highest BCUT2D eigenvalue weighted by molar-refractivity contribution is 5.64. The number of aromatic nitrogens is 3. The molecule has 6 nitrogen and oxygen atoms in total. The summed E-state index contributed by atoms with van der Waals surface area (Å²) in [5.41, 5.74) is 4.07. The molecule has 0 unspecified atom stereocenters. The van der Waals surface area contributed by atoms with Crippen LogP contribution in [0.25, 0.3) is 22.8 Å². The van der Waals surface area contributed by atoms with Crippen molar-refractivity contribution in [1.29, 1.82) is 0 Å². The minimum Gasteiger partial charge on any atom is -0.393 e. The summed E-state index contributed by atoms with van der Waals surface area (Å²) in [6.45, 7) is 4.75. The highest BCUT2D eigenvalue weighted by Crippen LogP contribution is 2.65. The summed E-state index contributed by atoms with van der Waals surface area (Å²) in [5, 5.41) is 22.1. The summed E-state index contributed by atoms with van der Waals surface area (Å²) in [6, 6.07) is 12.5. The Balaban J connectivity index is 1.25. The van der Waals surface area contributed by atoms with Crippen LogP contribution in [-0.2, 0) is 12.8 Å². The first kappa shape index (κ1) is 27.0. The fourth-order valence-electron chi connectivity index (χ4n) is 10.9. The predicted molar refractivity (Wildman–Crippen MR) is 163 cm³/mol. The second-order valence-corrected chi connectivity index (χ2v) is 15.1. The van der Waals surface area contributed by atoms with E-state index in [-0.39, 0.29) is 22.3 Å². The van der Waals surface area contributed by atoms with E-state index >= 15 is 0 Å². The normalized spacial score (nSPS) is 38.0. The molecule has 7 aliphatic rings. The zero-order valence-electron chi connectivity index (χ0n) is 25.1. The van der Waals surface area contributed by atoms with Gasteiger partial charge in [0, 0.05) is 23.7 Å². The van der Waals surface area contributed by atoms with Crippen molar-refractivity contribution < 1.29 is 10.2 Å². The van der Waals surface area contributed by atoms with Crippen LogP contribution >= 0.6 is 0 Å². The molecule has 6 heteroatoms.